The Morgan fingerprint density at radius 1 is 1.09 bits per heavy atom. The largest absolute Gasteiger partial charge is 0.478 e. The van der Waals surface area contributed by atoms with Crippen LogP contribution in [0.3, 0.4) is 0 Å². The van der Waals surface area contributed by atoms with Crippen LogP contribution in [-0.2, 0) is 33.9 Å². The first kappa shape index (κ1) is 43.4. The van der Waals surface area contributed by atoms with Crippen LogP contribution in [0.1, 0.15) is 106 Å². The third-order valence-electron chi connectivity index (χ3n) is 12.9. The second-order valence-corrected chi connectivity index (χ2v) is 20.1. The Labute approximate surface area is 339 Å². The van der Waals surface area contributed by atoms with Crippen LogP contribution in [0.25, 0.3) is 10.8 Å². The molecule has 1 N–H and O–H groups in total. The van der Waals surface area contributed by atoms with E-state index in [-0.39, 0.29) is 37.6 Å². The summed E-state index contributed by atoms with van der Waals surface area (Å²) in [4.78, 5) is 63.1. The van der Waals surface area contributed by atoms with Gasteiger partial charge in [-0.15, -0.1) is 0 Å². The van der Waals surface area contributed by atoms with Crippen LogP contribution >= 0.6 is 0 Å². The maximum atomic E-state index is 14.9. The van der Waals surface area contributed by atoms with Gasteiger partial charge >= 0.3 is 5.97 Å². The van der Waals surface area contributed by atoms with Gasteiger partial charge in [0.25, 0.3) is 5.92 Å². The lowest BCUT2D eigenvalue weighted by molar-refractivity contribution is -0.197. The van der Waals surface area contributed by atoms with E-state index in [9.17, 15) is 36.4 Å². The third-order valence-corrected chi connectivity index (χ3v) is 15.0. The Morgan fingerprint density at radius 2 is 1.79 bits per heavy atom. The molecule has 0 bridgehead atoms. The molecule has 4 aliphatic rings. The van der Waals surface area contributed by atoms with Crippen molar-refractivity contribution >= 4 is 44.4 Å². The van der Waals surface area contributed by atoms with Gasteiger partial charge in [-0.25, -0.2) is 17.2 Å². The number of nitrogens with zero attached hydrogens (tertiary/aromatic N) is 2. The molecule has 1 aromatic carbocycles. The van der Waals surface area contributed by atoms with E-state index in [2.05, 4.69) is 9.71 Å². The molecule has 58 heavy (non-hydrogen) atoms. The second-order valence-electron chi connectivity index (χ2n) is 17.9. The van der Waals surface area contributed by atoms with Crippen LogP contribution in [0.4, 0.5) is 8.78 Å². The summed E-state index contributed by atoms with van der Waals surface area (Å²) in [6.07, 6.45) is 5.23. The zero-order valence-corrected chi connectivity index (χ0v) is 35.3. The molecular weight excluding hydrogens is 773 g/mol. The third kappa shape index (κ3) is 9.03. The number of benzene rings is 1. The number of aromatic nitrogens is 1. The number of fused-ring (bicyclic) bond motifs is 3. The normalized spacial score (nSPS) is 29.6. The summed E-state index contributed by atoms with van der Waals surface area (Å²) in [5, 5.41) is 1.48. The molecule has 3 heterocycles. The van der Waals surface area contributed by atoms with Gasteiger partial charge in [-0.3, -0.25) is 23.9 Å². The first-order valence-corrected chi connectivity index (χ1v) is 21.9. The van der Waals surface area contributed by atoms with Crippen LogP contribution in [0.15, 0.2) is 42.5 Å². The molecule has 1 aromatic heterocycles. The number of amides is 2. The van der Waals surface area contributed by atoms with Crippen molar-refractivity contribution in [3.63, 3.8) is 0 Å². The topological polar surface area (TPSA) is 158 Å². The molecule has 15 heteroatoms. The monoisotopic (exact) mass is 829 g/mol. The number of Topliss-reactive ketones (excluding diaryl/α,β-unsaturated/α-hetero) is 1. The zero-order valence-electron chi connectivity index (χ0n) is 34.5. The number of pyridine rings is 1. The molecule has 318 valence electrons. The molecule has 2 aliphatic carbocycles. The van der Waals surface area contributed by atoms with E-state index >= 15 is 0 Å². The maximum Gasteiger partial charge on any atom is 0.307 e. The number of carbonyl (C=O) groups is 4. The summed E-state index contributed by atoms with van der Waals surface area (Å²) in [6.45, 7) is 10.4. The predicted octanol–water partition coefficient (Wildman–Crippen LogP) is 6.94. The number of carbonyl (C=O) groups excluding carboxylic acids is 4. The summed E-state index contributed by atoms with van der Waals surface area (Å²) < 4.78 is 74.2. The fourth-order valence-corrected chi connectivity index (χ4v) is 9.63. The number of sulfonamides is 1. The van der Waals surface area contributed by atoms with E-state index in [1.165, 1.54) is 4.90 Å². The van der Waals surface area contributed by atoms with Gasteiger partial charge in [0.1, 0.15) is 6.10 Å². The summed E-state index contributed by atoms with van der Waals surface area (Å²) >= 11 is 0. The molecule has 2 amide bonds. The van der Waals surface area contributed by atoms with Crippen LogP contribution in [0.2, 0.25) is 0 Å². The van der Waals surface area contributed by atoms with Gasteiger partial charge in [0.15, 0.2) is 11.4 Å². The van der Waals surface area contributed by atoms with Crippen molar-refractivity contribution in [3.8, 4) is 11.8 Å². The second kappa shape index (κ2) is 16.1. The Morgan fingerprint density at radius 3 is 2.47 bits per heavy atom. The molecule has 12 nitrogen and oxygen atoms in total. The Balaban J connectivity index is 1.36. The minimum absolute atomic E-state index is 0.0189. The summed E-state index contributed by atoms with van der Waals surface area (Å²) in [6, 6.07) is 8.09. The molecule has 2 aliphatic heterocycles. The van der Waals surface area contributed by atoms with Gasteiger partial charge < -0.3 is 19.1 Å². The summed E-state index contributed by atoms with van der Waals surface area (Å²) in [5.74, 6) is -7.27. The highest BCUT2D eigenvalue weighted by Gasteiger charge is 2.63. The predicted molar refractivity (Wildman–Crippen MR) is 213 cm³/mol. The number of rotatable bonds is 11. The molecular formula is C43H57F2N3O9S. The number of alkyl halides is 2. The average Bonchev–Trinajstić information content (AvgIpc) is 4.01. The van der Waals surface area contributed by atoms with E-state index in [1.54, 1.807) is 13.0 Å². The first-order valence-electron chi connectivity index (χ1n) is 20.5. The van der Waals surface area contributed by atoms with E-state index in [1.807, 2.05) is 57.2 Å². The molecule has 6 rings (SSSR count). The number of esters is 1. The van der Waals surface area contributed by atoms with Gasteiger partial charge in [0.05, 0.1) is 41.7 Å². The standard InChI is InChI=1S/C43H57F2N3O9S/c1-8-55-35-20-28-14-10-12-16-31(28)37(46-35)56-30-21-33-34(49)24-43(39(52)47-58(53,54)41(6)17-18-41)23-29(43)15-11-9-13-26(2)19-27(3)32(38(51)48(33)25-30)22-36(50)57-40(4,5)42(7,44)45/h10-12,14-16,20,26-27,29-30,32-33H,8-9,13,17-19,21-25H2,1-7H3,(H,47,52)/b15-11-/t26-,27-,29-,30-,32+,33+,43-/m1/s1. The van der Waals surface area contributed by atoms with Gasteiger partial charge in [0, 0.05) is 31.2 Å². The number of halogens is 2. The van der Waals surface area contributed by atoms with E-state index < -0.39 is 91.6 Å². The lowest BCUT2D eigenvalue weighted by Gasteiger charge is -2.34. The maximum absolute atomic E-state index is 14.9. The molecule has 0 radical (unpaired) electrons. The Kier molecular flexibility index (Phi) is 12.1. The SMILES string of the molecule is CCOc1cc2ccccc2c(O[C@@H]2C[C@H]3C(=O)C[C@]4(C(=O)NS(=O)(=O)C5(C)CC5)C[C@H]4/C=C\CC[C@@H](C)C[C@@H](C)[C@H](CC(=O)OC(C)(C)C(C)(F)F)C(=O)N3C2)n1. The van der Waals surface area contributed by atoms with Crippen LogP contribution < -0.4 is 14.2 Å². The highest BCUT2D eigenvalue weighted by molar-refractivity contribution is 7.91. The van der Waals surface area contributed by atoms with Crippen molar-refractivity contribution in [1.82, 2.24) is 14.6 Å². The van der Waals surface area contributed by atoms with Crippen molar-refractivity contribution in [2.45, 2.75) is 135 Å². The van der Waals surface area contributed by atoms with Crippen molar-refractivity contribution in [2.75, 3.05) is 13.2 Å². The number of hydrogen-bond acceptors (Lipinski definition) is 10. The van der Waals surface area contributed by atoms with Gasteiger partial charge in [-0.1, -0.05) is 44.2 Å². The van der Waals surface area contributed by atoms with Crippen molar-refractivity contribution in [2.24, 2.45) is 29.1 Å². The summed E-state index contributed by atoms with van der Waals surface area (Å²) in [5.41, 5.74) is -3.49. The van der Waals surface area contributed by atoms with Crippen molar-refractivity contribution < 1.29 is 50.6 Å². The molecule has 3 fully saturated rings. The van der Waals surface area contributed by atoms with Gasteiger partial charge in [-0.05, 0) is 95.4 Å². The minimum Gasteiger partial charge on any atom is -0.478 e. The number of ketones is 1. The van der Waals surface area contributed by atoms with Crippen LogP contribution in [0, 0.1) is 29.1 Å². The molecule has 7 atom stereocenters. The lowest BCUT2D eigenvalue weighted by atomic mass is 9.82. The lowest BCUT2D eigenvalue weighted by Crippen LogP contribution is -2.49. The molecule has 1 saturated heterocycles. The van der Waals surface area contributed by atoms with Crippen molar-refractivity contribution in [1.29, 1.82) is 0 Å². The Bertz CT molecular complexity index is 2060. The fraction of sp³-hybridized carbons (Fsp3) is 0.651. The number of hydrogen-bond donors (Lipinski definition) is 1. The average molecular weight is 830 g/mol. The number of ether oxygens (including phenoxy) is 3. The molecule has 0 spiro atoms. The first-order chi connectivity index (χ1) is 27.1. The minimum atomic E-state index is -4.01. The van der Waals surface area contributed by atoms with Crippen LogP contribution in [0.5, 0.6) is 11.8 Å². The molecule has 2 saturated carbocycles. The fourth-order valence-electron chi connectivity index (χ4n) is 8.29. The zero-order chi connectivity index (χ0) is 42.4. The van der Waals surface area contributed by atoms with Gasteiger partial charge in [-0.2, -0.15) is 4.98 Å². The molecule has 0 unspecified atom stereocenters. The number of allylic oxidation sites excluding steroid dienone is 2. The molecule has 2 aromatic rings. The summed E-state index contributed by atoms with van der Waals surface area (Å²) in [7, 11) is -4.01. The van der Waals surface area contributed by atoms with Crippen LogP contribution in [-0.4, -0.2) is 83.4 Å². The quantitative estimate of drug-likeness (QED) is 0.186. The highest BCUT2D eigenvalue weighted by Crippen LogP contribution is 2.58. The van der Waals surface area contributed by atoms with E-state index in [0.717, 1.165) is 19.2 Å². The van der Waals surface area contributed by atoms with E-state index in [0.29, 0.717) is 56.9 Å². The van der Waals surface area contributed by atoms with E-state index in [4.69, 9.17) is 14.2 Å². The van der Waals surface area contributed by atoms with Crippen molar-refractivity contribution in [3.05, 3.63) is 42.5 Å². The Hall–Kier alpha value is -4.14. The van der Waals surface area contributed by atoms with Gasteiger partial charge in [0.2, 0.25) is 33.6 Å². The highest BCUT2D eigenvalue weighted by atomic mass is 32.2. The number of nitrogens with one attached hydrogen (secondary N) is 1. The smallest absolute Gasteiger partial charge is 0.307 e.